The highest BCUT2D eigenvalue weighted by Crippen LogP contribution is 2.25. The Morgan fingerprint density at radius 2 is 1.92 bits per heavy atom. The zero-order valence-corrected chi connectivity index (χ0v) is 7.52. The average molecular weight is 165 g/mol. The molecular formula is C9H15N3. The van der Waals surface area contributed by atoms with Crippen LogP contribution in [0.4, 0.5) is 17.1 Å². The van der Waals surface area contributed by atoms with Crippen LogP contribution in [0, 0.1) is 0 Å². The fourth-order valence-electron chi connectivity index (χ4n) is 1.20. The van der Waals surface area contributed by atoms with E-state index >= 15 is 0 Å². The Balaban J connectivity index is 3.18. The van der Waals surface area contributed by atoms with Gasteiger partial charge in [-0.2, -0.15) is 0 Å². The van der Waals surface area contributed by atoms with E-state index in [2.05, 4.69) is 12.2 Å². The summed E-state index contributed by atoms with van der Waals surface area (Å²) in [6.07, 6.45) is 0.931. The van der Waals surface area contributed by atoms with Gasteiger partial charge in [-0.3, -0.25) is 0 Å². The summed E-state index contributed by atoms with van der Waals surface area (Å²) in [6, 6.07) is 3.79. The second kappa shape index (κ2) is 3.34. The van der Waals surface area contributed by atoms with Crippen LogP contribution < -0.4 is 16.8 Å². The van der Waals surface area contributed by atoms with Crippen molar-refractivity contribution in [1.29, 1.82) is 0 Å². The fourth-order valence-corrected chi connectivity index (χ4v) is 1.20. The third-order valence-electron chi connectivity index (χ3n) is 1.96. The van der Waals surface area contributed by atoms with Gasteiger partial charge in [-0.1, -0.05) is 6.92 Å². The second-order valence-corrected chi connectivity index (χ2v) is 2.74. The van der Waals surface area contributed by atoms with Crippen molar-refractivity contribution < 1.29 is 0 Å². The zero-order chi connectivity index (χ0) is 9.14. The van der Waals surface area contributed by atoms with Crippen molar-refractivity contribution in [2.45, 2.75) is 13.3 Å². The van der Waals surface area contributed by atoms with Crippen molar-refractivity contribution in [1.82, 2.24) is 0 Å². The number of nitrogen functional groups attached to an aromatic ring is 2. The summed E-state index contributed by atoms with van der Waals surface area (Å²) in [6.45, 7) is 2.07. The minimum Gasteiger partial charge on any atom is -0.398 e. The molecule has 0 unspecified atom stereocenters. The molecule has 0 heterocycles. The Bertz CT molecular complexity index is 256. The molecular weight excluding hydrogens is 150 g/mol. The third-order valence-corrected chi connectivity index (χ3v) is 1.96. The average Bonchev–Trinajstić information content (AvgIpc) is 2.05. The van der Waals surface area contributed by atoms with Crippen LogP contribution in [-0.2, 0) is 6.42 Å². The van der Waals surface area contributed by atoms with Gasteiger partial charge in [0.2, 0.25) is 0 Å². The first-order valence-electron chi connectivity index (χ1n) is 4.04. The van der Waals surface area contributed by atoms with Crippen LogP contribution in [0.25, 0.3) is 0 Å². The van der Waals surface area contributed by atoms with Crippen LogP contribution >= 0.6 is 0 Å². The molecule has 1 aromatic carbocycles. The van der Waals surface area contributed by atoms with Crippen LogP contribution in [0.15, 0.2) is 12.1 Å². The van der Waals surface area contributed by atoms with E-state index in [9.17, 15) is 0 Å². The number of nitrogens with two attached hydrogens (primary N) is 2. The van der Waals surface area contributed by atoms with Gasteiger partial charge in [0.15, 0.2) is 0 Å². The summed E-state index contributed by atoms with van der Waals surface area (Å²) in [5.74, 6) is 0. The van der Waals surface area contributed by atoms with Gasteiger partial charge in [0, 0.05) is 12.7 Å². The minimum atomic E-state index is 0.701. The normalized spacial score (nSPS) is 9.83. The van der Waals surface area contributed by atoms with E-state index in [0.717, 1.165) is 23.4 Å². The summed E-state index contributed by atoms with van der Waals surface area (Å²) in [5.41, 5.74) is 15.0. The number of nitrogens with one attached hydrogen (secondary N) is 1. The van der Waals surface area contributed by atoms with Crippen LogP contribution in [0.5, 0.6) is 0 Å². The van der Waals surface area contributed by atoms with Gasteiger partial charge < -0.3 is 16.8 Å². The lowest BCUT2D eigenvalue weighted by atomic mass is 10.1. The van der Waals surface area contributed by atoms with Crippen LogP contribution in [0.2, 0.25) is 0 Å². The molecule has 0 amide bonds. The lowest BCUT2D eigenvalue weighted by molar-refractivity contribution is 1.14. The maximum Gasteiger partial charge on any atom is 0.0575 e. The summed E-state index contributed by atoms with van der Waals surface area (Å²) in [4.78, 5) is 0. The van der Waals surface area contributed by atoms with E-state index < -0.39 is 0 Å². The van der Waals surface area contributed by atoms with E-state index in [-0.39, 0.29) is 0 Å². The molecule has 0 bridgehead atoms. The third kappa shape index (κ3) is 1.44. The Labute approximate surface area is 72.8 Å². The van der Waals surface area contributed by atoms with Crippen molar-refractivity contribution >= 4 is 17.1 Å². The van der Waals surface area contributed by atoms with E-state index in [0.29, 0.717) is 5.69 Å². The molecule has 0 fully saturated rings. The molecule has 0 spiro atoms. The summed E-state index contributed by atoms with van der Waals surface area (Å²) < 4.78 is 0. The smallest absolute Gasteiger partial charge is 0.0575 e. The zero-order valence-electron chi connectivity index (χ0n) is 7.52. The Kier molecular flexibility index (Phi) is 2.43. The summed E-state index contributed by atoms with van der Waals surface area (Å²) in [5, 5.41) is 3.02. The number of benzene rings is 1. The maximum absolute atomic E-state index is 5.75. The van der Waals surface area contributed by atoms with Gasteiger partial charge in [-0.25, -0.2) is 0 Å². The molecule has 3 heteroatoms. The van der Waals surface area contributed by atoms with Gasteiger partial charge in [0.1, 0.15) is 0 Å². The molecule has 0 atom stereocenters. The predicted octanol–water partition coefficient (Wildman–Crippen LogP) is 1.46. The molecule has 3 nitrogen and oxygen atoms in total. The first-order chi connectivity index (χ1) is 5.69. The molecule has 0 radical (unpaired) electrons. The maximum atomic E-state index is 5.75. The summed E-state index contributed by atoms with van der Waals surface area (Å²) in [7, 11) is 1.85. The van der Waals surface area contributed by atoms with Gasteiger partial charge >= 0.3 is 0 Å². The molecule has 0 aromatic heterocycles. The Morgan fingerprint density at radius 3 is 2.42 bits per heavy atom. The molecule has 0 aliphatic heterocycles. The van der Waals surface area contributed by atoms with Gasteiger partial charge in [-0.05, 0) is 24.1 Å². The highest BCUT2D eigenvalue weighted by Gasteiger charge is 2.02. The predicted molar refractivity (Wildman–Crippen MR) is 54.2 cm³/mol. The van der Waals surface area contributed by atoms with Crippen LogP contribution in [0.3, 0.4) is 0 Å². The Hall–Kier alpha value is -1.38. The summed E-state index contributed by atoms with van der Waals surface area (Å²) >= 11 is 0. The number of anilines is 3. The molecule has 12 heavy (non-hydrogen) atoms. The molecule has 5 N–H and O–H groups in total. The molecule has 0 saturated heterocycles. The van der Waals surface area contributed by atoms with E-state index in [4.69, 9.17) is 11.5 Å². The quantitative estimate of drug-likeness (QED) is 0.581. The van der Waals surface area contributed by atoms with Crippen molar-refractivity contribution in [3.05, 3.63) is 17.7 Å². The monoisotopic (exact) mass is 165 g/mol. The SMILES string of the molecule is CCc1cc(NC)c(N)cc1N. The van der Waals surface area contributed by atoms with E-state index in [1.165, 1.54) is 0 Å². The lowest BCUT2D eigenvalue weighted by Gasteiger charge is -2.09. The molecule has 1 rings (SSSR count). The van der Waals surface area contributed by atoms with Gasteiger partial charge in [0.25, 0.3) is 0 Å². The largest absolute Gasteiger partial charge is 0.398 e. The van der Waals surface area contributed by atoms with Crippen molar-refractivity contribution in [3.8, 4) is 0 Å². The van der Waals surface area contributed by atoms with Crippen LogP contribution in [0.1, 0.15) is 12.5 Å². The highest BCUT2D eigenvalue weighted by atomic mass is 14.8. The highest BCUT2D eigenvalue weighted by molar-refractivity contribution is 5.73. The van der Waals surface area contributed by atoms with Crippen molar-refractivity contribution in [2.24, 2.45) is 0 Å². The molecule has 66 valence electrons. The van der Waals surface area contributed by atoms with Gasteiger partial charge in [-0.15, -0.1) is 0 Å². The topological polar surface area (TPSA) is 64.1 Å². The molecule has 0 saturated carbocycles. The molecule has 1 aromatic rings. The lowest BCUT2D eigenvalue weighted by Crippen LogP contribution is -2.00. The fraction of sp³-hybridized carbons (Fsp3) is 0.333. The van der Waals surface area contributed by atoms with E-state index in [1.807, 2.05) is 13.1 Å². The number of aryl methyl sites for hydroxylation is 1. The molecule has 0 aliphatic carbocycles. The number of hydrogen-bond acceptors (Lipinski definition) is 3. The molecule has 0 aliphatic rings. The number of hydrogen-bond donors (Lipinski definition) is 3. The Morgan fingerprint density at radius 1 is 1.25 bits per heavy atom. The van der Waals surface area contributed by atoms with E-state index in [1.54, 1.807) is 6.07 Å². The minimum absolute atomic E-state index is 0.701. The van der Waals surface area contributed by atoms with Crippen molar-refractivity contribution in [2.75, 3.05) is 23.8 Å². The standard InChI is InChI=1S/C9H15N3/c1-3-6-4-9(12-2)8(11)5-7(6)10/h4-5,12H,3,10-11H2,1-2H3. The number of rotatable bonds is 2. The van der Waals surface area contributed by atoms with Crippen molar-refractivity contribution in [3.63, 3.8) is 0 Å². The first kappa shape index (κ1) is 8.71. The first-order valence-corrected chi connectivity index (χ1v) is 4.04. The van der Waals surface area contributed by atoms with Crippen LogP contribution in [-0.4, -0.2) is 7.05 Å². The second-order valence-electron chi connectivity index (χ2n) is 2.74. The van der Waals surface area contributed by atoms with Gasteiger partial charge in [0.05, 0.1) is 11.4 Å².